The molecular weight excluding hydrogens is 248 g/mol. The number of ether oxygens (including phenoxy) is 1. The molecule has 0 unspecified atom stereocenters. The topological polar surface area (TPSA) is 89.4 Å². The zero-order valence-corrected chi connectivity index (χ0v) is 10.0. The third kappa shape index (κ3) is 3.12. The van der Waals surface area contributed by atoms with Gasteiger partial charge in [0.2, 0.25) is 0 Å². The Bertz CT molecular complexity index is 640. The zero-order valence-electron chi connectivity index (χ0n) is 10.0. The van der Waals surface area contributed by atoms with Crippen molar-refractivity contribution in [1.82, 2.24) is 9.97 Å². The van der Waals surface area contributed by atoms with Crippen LogP contribution >= 0.6 is 0 Å². The van der Waals surface area contributed by atoms with Gasteiger partial charge >= 0.3 is 11.9 Å². The van der Waals surface area contributed by atoms with Gasteiger partial charge in [-0.05, 0) is 24.6 Å². The number of carbonyl (C=O) groups excluding carboxylic acids is 1. The van der Waals surface area contributed by atoms with Crippen molar-refractivity contribution in [3.8, 4) is 5.75 Å². The maximum absolute atomic E-state index is 11.8. The first kappa shape index (κ1) is 12.7. The summed E-state index contributed by atoms with van der Waals surface area (Å²) in [5, 5.41) is 8.76. The van der Waals surface area contributed by atoms with E-state index in [9.17, 15) is 9.59 Å². The summed E-state index contributed by atoms with van der Waals surface area (Å²) >= 11 is 0. The number of aryl methyl sites for hydroxylation is 1. The molecule has 0 radical (unpaired) electrons. The molecule has 0 bridgehead atoms. The van der Waals surface area contributed by atoms with Gasteiger partial charge in [-0.2, -0.15) is 0 Å². The molecule has 2 aromatic rings. The third-order valence-corrected chi connectivity index (χ3v) is 2.26. The minimum Gasteiger partial charge on any atom is -0.476 e. The van der Waals surface area contributed by atoms with E-state index in [1.54, 1.807) is 18.2 Å². The maximum Gasteiger partial charge on any atom is 0.363 e. The van der Waals surface area contributed by atoms with E-state index < -0.39 is 11.9 Å². The minimum atomic E-state index is -1.25. The molecule has 96 valence electrons. The number of hydrogen-bond acceptors (Lipinski definition) is 5. The van der Waals surface area contributed by atoms with Crippen molar-refractivity contribution < 1.29 is 19.4 Å². The molecule has 0 aliphatic heterocycles. The van der Waals surface area contributed by atoms with Crippen LogP contribution in [0, 0.1) is 6.92 Å². The highest BCUT2D eigenvalue weighted by Gasteiger charge is 2.14. The number of nitrogens with zero attached hydrogens (tertiary/aromatic N) is 2. The lowest BCUT2D eigenvalue weighted by Crippen LogP contribution is -2.13. The van der Waals surface area contributed by atoms with Gasteiger partial charge in [0, 0.05) is 0 Å². The number of carbonyl (C=O) groups is 2. The zero-order chi connectivity index (χ0) is 13.8. The van der Waals surface area contributed by atoms with Crippen molar-refractivity contribution in [2.75, 3.05) is 0 Å². The number of carboxylic acids is 1. The number of aromatic carboxylic acids is 1. The van der Waals surface area contributed by atoms with Crippen LogP contribution < -0.4 is 4.74 Å². The van der Waals surface area contributed by atoms with Crippen molar-refractivity contribution in [3.63, 3.8) is 0 Å². The molecule has 6 heteroatoms. The van der Waals surface area contributed by atoms with Crippen LogP contribution in [0.3, 0.4) is 0 Å². The van der Waals surface area contributed by atoms with Crippen LogP contribution in [0.25, 0.3) is 0 Å². The van der Waals surface area contributed by atoms with E-state index in [4.69, 9.17) is 9.84 Å². The van der Waals surface area contributed by atoms with Crippen LogP contribution in [0.15, 0.2) is 36.7 Å². The quantitative estimate of drug-likeness (QED) is 0.665. The van der Waals surface area contributed by atoms with Gasteiger partial charge in [-0.1, -0.05) is 12.1 Å². The molecule has 0 amide bonds. The number of carboxylic acid groups (broad SMARTS) is 1. The Balaban J connectivity index is 2.20. The van der Waals surface area contributed by atoms with E-state index in [2.05, 4.69) is 9.97 Å². The van der Waals surface area contributed by atoms with Gasteiger partial charge < -0.3 is 9.84 Å². The van der Waals surface area contributed by atoms with Gasteiger partial charge in [-0.3, -0.25) is 4.98 Å². The highest BCUT2D eigenvalue weighted by atomic mass is 16.5. The van der Waals surface area contributed by atoms with E-state index in [0.717, 1.165) is 18.0 Å². The summed E-state index contributed by atoms with van der Waals surface area (Å²) in [5.41, 5.74) is 0.482. The van der Waals surface area contributed by atoms with Crippen LogP contribution in [-0.4, -0.2) is 27.0 Å². The first-order valence-electron chi connectivity index (χ1n) is 5.40. The lowest BCUT2D eigenvalue weighted by atomic mass is 10.2. The predicted molar refractivity (Wildman–Crippen MR) is 65.1 cm³/mol. The van der Waals surface area contributed by atoms with Crippen molar-refractivity contribution in [2.24, 2.45) is 0 Å². The number of hydrogen-bond donors (Lipinski definition) is 1. The predicted octanol–water partition coefficient (Wildman–Crippen LogP) is 1.70. The molecule has 19 heavy (non-hydrogen) atoms. The molecule has 1 aromatic carbocycles. The van der Waals surface area contributed by atoms with Crippen molar-refractivity contribution in [1.29, 1.82) is 0 Å². The van der Waals surface area contributed by atoms with E-state index in [1.807, 2.05) is 13.0 Å². The van der Waals surface area contributed by atoms with Gasteiger partial charge in [0.25, 0.3) is 0 Å². The SMILES string of the molecule is Cc1cccc(OC(=O)c2cncc(C(=O)O)n2)c1. The molecule has 0 saturated carbocycles. The standard InChI is InChI=1S/C13H10N2O4/c1-8-3-2-4-9(5-8)19-13(18)11-7-14-6-10(15-11)12(16)17/h2-7H,1H3,(H,16,17). The Kier molecular flexibility index (Phi) is 3.51. The summed E-state index contributed by atoms with van der Waals surface area (Å²) in [6.45, 7) is 1.86. The van der Waals surface area contributed by atoms with Gasteiger partial charge in [0.05, 0.1) is 12.4 Å². The van der Waals surface area contributed by atoms with Crippen molar-refractivity contribution in [3.05, 3.63) is 53.6 Å². The fourth-order valence-electron chi connectivity index (χ4n) is 1.41. The normalized spacial score (nSPS) is 9.95. The highest BCUT2D eigenvalue weighted by molar-refractivity contribution is 5.91. The van der Waals surface area contributed by atoms with Crippen molar-refractivity contribution >= 4 is 11.9 Å². The Labute approximate surface area is 108 Å². The fraction of sp³-hybridized carbons (Fsp3) is 0.0769. The molecule has 1 heterocycles. The number of aromatic nitrogens is 2. The molecule has 0 fully saturated rings. The maximum atomic E-state index is 11.8. The van der Waals surface area contributed by atoms with Crippen molar-refractivity contribution in [2.45, 2.75) is 6.92 Å². The molecule has 2 rings (SSSR count). The monoisotopic (exact) mass is 258 g/mol. The van der Waals surface area contributed by atoms with E-state index in [1.165, 1.54) is 0 Å². The van der Waals surface area contributed by atoms with Gasteiger partial charge in [0.15, 0.2) is 11.4 Å². The first-order valence-corrected chi connectivity index (χ1v) is 5.40. The molecule has 0 aliphatic carbocycles. The Hall–Kier alpha value is -2.76. The van der Waals surface area contributed by atoms with Crippen LogP contribution in [0.4, 0.5) is 0 Å². The summed E-state index contributed by atoms with van der Waals surface area (Å²) < 4.78 is 5.08. The molecule has 0 saturated heterocycles. The molecule has 0 spiro atoms. The van der Waals surface area contributed by atoms with Crippen LogP contribution in [-0.2, 0) is 0 Å². The Morgan fingerprint density at radius 1 is 1.21 bits per heavy atom. The summed E-state index contributed by atoms with van der Waals surface area (Å²) in [7, 11) is 0. The Morgan fingerprint density at radius 3 is 2.63 bits per heavy atom. The average Bonchev–Trinajstić information content (AvgIpc) is 2.39. The van der Waals surface area contributed by atoms with Gasteiger partial charge in [-0.25, -0.2) is 14.6 Å². The third-order valence-electron chi connectivity index (χ3n) is 2.26. The van der Waals surface area contributed by atoms with E-state index >= 15 is 0 Å². The summed E-state index contributed by atoms with van der Waals surface area (Å²) in [4.78, 5) is 29.8. The molecule has 6 nitrogen and oxygen atoms in total. The second-order valence-electron chi connectivity index (χ2n) is 3.80. The van der Waals surface area contributed by atoms with Crippen LogP contribution in [0.1, 0.15) is 26.5 Å². The van der Waals surface area contributed by atoms with Gasteiger partial charge in [-0.15, -0.1) is 0 Å². The van der Waals surface area contributed by atoms with E-state index in [0.29, 0.717) is 5.75 Å². The second kappa shape index (κ2) is 5.26. The second-order valence-corrected chi connectivity index (χ2v) is 3.80. The molecule has 1 N–H and O–H groups in total. The number of esters is 1. The minimum absolute atomic E-state index is 0.151. The largest absolute Gasteiger partial charge is 0.476 e. The first-order chi connectivity index (χ1) is 9.06. The molecular formula is C13H10N2O4. The lowest BCUT2D eigenvalue weighted by Gasteiger charge is -2.04. The summed E-state index contributed by atoms with van der Waals surface area (Å²) in [6.07, 6.45) is 2.22. The number of rotatable bonds is 3. The molecule has 0 aliphatic rings. The smallest absolute Gasteiger partial charge is 0.363 e. The van der Waals surface area contributed by atoms with Crippen LogP contribution in [0.5, 0.6) is 5.75 Å². The summed E-state index contributed by atoms with van der Waals surface area (Å²) in [5.74, 6) is -1.63. The lowest BCUT2D eigenvalue weighted by molar-refractivity contribution is 0.0689. The van der Waals surface area contributed by atoms with E-state index in [-0.39, 0.29) is 11.4 Å². The average molecular weight is 258 g/mol. The number of benzene rings is 1. The van der Waals surface area contributed by atoms with Crippen LogP contribution in [0.2, 0.25) is 0 Å². The Morgan fingerprint density at radius 2 is 1.95 bits per heavy atom. The van der Waals surface area contributed by atoms with Gasteiger partial charge in [0.1, 0.15) is 5.75 Å². The molecule has 1 aromatic heterocycles. The highest BCUT2D eigenvalue weighted by Crippen LogP contribution is 2.13. The summed E-state index contributed by atoms with van der Waals surface area (Å²) in [6, 6.07) is 6.92. The molecule has 0 atom stereocenters. The fourth-order valence-corrected chi connectivity index (χ4v) is 1.41.